The Morgan fingerprint density at radius 2 is 1.88 bits per heavy atom. The van der Waals surface area contributed by atoms with E-state index in [1.807, 2.05) is 0 Å². The van der Waals surface area contributed by atoms with Gasteiger partial charge in [0.1, 0.15) is 0 Å². The molecule has 0 radical (unpaired) electrons. The molecule has 0 saturated carbocycles. The van der Waals surface area contributed by atoms with Gasteiger partial charge in [-0.2, -0.15) is 8.42 Å². The van der Waals surface area contributed by atoms with Crippen molar-refractivity contribution in [3.63, 3.8) is 0 Å². The maximum Gasteiger partial charge on any atom is 0.398 e. The Labute approximate surface area is 92.8 Å². The number of methoxy groups -OCH3 is 1. The summed E-state index contributed by atoms with van der Waals surface area (Å²) in [5.74, 6) is -0.913. The van der Waals surface area contributed by atoms with Gasteiger partial charge in [-0.25, -0.2) is 8.98 Å². The molecule has 88 valence electrons. The Balaban J connectivity index is 3.02. The van der Waals surface area contributed by atoms with E-state index in [0.29, 0.717) is 0 Å². The first-order chi connectivity index (χ1) is 7.44. The zero-order valence-electron chi connectivity index (χ0n) is 8.36. The van der Waals surface area contributed by atoms with Gasteiger partial charge in [0, 0.05) is 0 Å². The summed E-state index contributed by atoms with van der Waals surface area (Å²) in [4.78, 5) is 11.3. The van der Waals surface area contributed by atoms with Crippen LogP contribution < -0.4 is 0 Å². The molecule has 16 heavy (non-hydrogen) atoms. The number of ether oxygens (including phenoxy) is 1. The Morgan fingerprint density at radius 3 is 2.31 bits per heavy atom. The van der Waals surface area contributed by atoms with Crippen LogP contribution in [0.5, 0.6) is 0 Å². The summed E-state index contributed by atoms with van der Waals surface area (Å²) in [5.41, 5.74) is 0.270. The fourth-order valence-electron chi connectivity index (χ4n) is 1.09. The molecule has 0 aliphatic carbocycles. The van der Waals surface area contributed by atoms with Gasteiger partial charge in [-0.15, -0.1) is 0 Å². The summed E-state index contributed by atoms with van der Waals surface area (Å²) in [7, 11) is -3.64. The molecule has 0 unspecified atom stereocenters. The van der Waals surface area contributed by atoms with Crippen LogP contribution in [0.25, 0.3) is 0 Å². The molecule has 6 nitrogen and oxygen atoms in total. The van der Waals surface area contributed by atoms with E-state index in [2.05, 4.69) is 8.92 Å². The second-order valence-electron chi connectivity index (χ2n) is 2.84. The molecule has 0 heterocycles. The largest absolute Gasteiger partial charge is 0.467 e. The molecule has 1 aromatic rings. The van der Waals surface area contributed by atoms with Gasteiger partial charge in [0.05, 0.1) is 7.11 Å². The van der Waals surface area contributed by atoms with E-state index < -0.39 is 22.5 Å². The van der Waals surface area contributed by atoms with Crippen molar-refractivity contribution in [3.05, 3.63) is 35.9 Å². The molecule has 0 aromatic heterocycles. The quantitative estimate of drug-likeness (QED) is 0.622. The smallest absolute Gasteiger partial charge is 0.398 e. The lowest BCUT2D eigenvalue weighted by atomic mass is 10.1. The highest BCUT2D eigenvalue weighted by Crippen LogP contribution is 2.20. The zero-order valence-corrected chi connectivity index (χ0v) is 9.18. The topological polar surface area (TPSA) is 89.9 Å². The van der Waals surface area contributed by atoms with Gasteiger partial charge in [-0.1, -0.05) is 30.3 Å². The molecule has 1 aromatic carbocycles. The normalized spacial score (nSPS) is 13.1. The van der Waals surface area contributed by atoms with Crippen LogP contribution >= 0.6 is 0 Å². The van der Waals surface area contributed by atoms with Crippen molar-refractivity contribution in [1.82, 2.24) is 0 Å². The summed E-state index contributed by atoms with van der Waals surface area (Å²) in [5, 5.41) is 0. The SMILES string of the molecule is COC(=O)[C@H](OS(=O)(=O)O)c1ccccc1. The van der Waals surface area contributed by atoms with Crippen LogP contribution in [0.4, 0.5) is 0 Å². The molecule has 0 saturated heterocycles. The number of rotatable bonds is 4. The lowest BCUT2D eigenvalue weighted by Crippen LogP contribution is -2.20. The Kier molecular flexibility index (Phi) is 3.99. The van der Waals surface area contributed by atoms with Gasteiger partial charge in [0.15, 0.2) is 0 Å². The first-order valence-electron chi connectivity index (χ1n) is 4.22. The second kappa shape index (κ2) is 5.06. The Morgan fingerprint density at radius 1 is 1.31 bits per heavy atom. The minimum Gasteiger partial charge on any atom is -0.467 e. The Bertz CT molecular complexity index is 452. The summed E-state index contributed by atoms with van der Waals surface area (Å²) in [6.07, 6.45) is -1.50. The van der Waals surface area contributed by atoms with Crippen molar-refractivity contribution in [2.45, 2.75) is 6.10 Å². The third-order valence-corrected chi connectivity index (χ3v) is 2.17. The van der Waals surface area contributed by atoms with Gasteiger partial charge in [0.25, 0.3) is 0 Å². The number of hydrogen-bond acceptors (Lipinski definition) is 5. The number of hydrogen-bond donors (Lipinski definition) is 1. The third-order valence-electron chi connectivity index (χ3n) is 1.74. The van der Waals surface area contributed by atoms with Crippen molar-refractivity contribution in [3.8, 4) is 0 Å². The number of benzene rings is 1. The van der Waals surface area contributed by atoms with Gasteiger partial charge in [0.2, 0.25) is 6.10 Å². The van der Waals surface area contributed by atoms with Crippen molar-refractivity contribution < 1.29 is 26.7 Å². The van der Waals surface area contributed by atoms with Crippen LogP contribution in [0, 0.1) is 0 Å². The third kappa shape index (κ3) is 3.61. The maximum absolute atomic E-state index is 11.3. The second-order valence-corrected chi connectivity index (χ2v) is 3.89. The van der Waals surface area contributed by atoms with E-state index in [1.165, 1.54) is 12.1 Å². The van der Waals surface area contributed by atoms with Crippen LogP contribution in [0.3, 0.4) is 0 Å². The van der Waals surface area contributed by atoms with Crippen molar-refractivity contribution in [1.29, 1.82) is 0 Å². The average Bonchev–Trinajstić information content (AvgIpc) is 2.25. The minimum absolute atomic E-state index is 0.270. The maximum atomic E-state index is 11.3. The lowest BCUT2D eigenvalue weighted by molar-refractivity contribution is -0.149. The summed E-state index contributed by atoms with van der Waals surface area (Å²) in [6, 6.07) is 7.84. The lowest BCUT2D eigenvalue weighted by Gasteiger charge is -2.12. The van der Waals surface area contributed by atoms with E-state index in [4.69, 9.17) is 4.55 Å². The van der Waals surface area contributed by atoms with Crippen molar-refractivity contribution in [2.75, 3.05) is 7.11 Å². The number of esters is 1. The van der Waals surface area contributed by atoms with Crippen molar-refractivity contribution in [2.24, 2.45) is 0 Å². The molecule has 0 spiro atoms. The fourth-order valence-corrected chi connectivity index (χ4v) is 1.52. The molecule has 0 bridgehead atoms. The van der Waals surface area contributed by atoms with E-state index >= 15 is 0 Å². The number of carbonyl (C=O) groups is 1. The molecule has 1 atom stereocenters. The van der Waals surface area contributed by atoms with E-state index in [-0.39, 0.29) is 5.56 Å². The fraction of sp³-hybridized carbons (Fsp3) is 0.222. The average molecular weight is 246 g/mol. The highest BCUT2D eigenvalue weighted by Gasteiger charge is 2.27. The molecule has 7 heteroatoms. The molecule has 0 aliphatic heterocycles. The van der Waals surface area contributed by atoms with Gasteiger partial charge < -0.3 is 4.74 Å². The summed E-state index contributed by atoms with van der Waals surface area (Å²) in [6.45, 7) is 0. The van der Waals surface area contributed by atoms with Crippen molar-refractivity contribution >= 4 is 16.4 Å². The van der Waals surface area contributed by atoms with Gasteiger partial charge in [-0.3, -0.25) is 4.55 Å². The van der Waals surface area contributed by atoms with E-state index in [9.17, 15) is 13.2 Å². The van der Waals surface area contributed by atoms with E-state index in [0.717, 1.165) is 7.11 Å². The van der Waals surface area contributed by atoms with Gasteiger partial charge in [-0.05, 0) is 5.56 Å². The molecular weight excluding hydrogens is 236 g/mol. The molecular formula is C9H10O6S. The molecule has 1 N–H and O–H groups in total. The summed E-state index contributed by atoms with van der Waals surface area (Å²) >= 11 is 0. The zero-order chi connectivity index (χ0) is 12.2. The highest BCUT2D eigenvalue weighted by atomic mass is 32.3. The molecule has 0 amide bonds. The van der Waals surface area contributed by atoms with E-state index in [1.54, 1.807) is 18.2 Å². The minimum atomic E-state index is -4.73. The van der Waals surface area contributed by atoms with Crippen LogP contribution in [-0.2, 0) is 24.1 Å². The predicted molar refractivity (Wildman–Crippen MR) is 53.8 cm³/mol. The Hall–Kier alpha value is -1.44. The van der Waals surface area contributed by atoms with Crippen LogP contribution in [0.2, 0.25) is 0 Å². The molecule has 1 rings (SSSR count). The standard InChI is InChI=1S/C9H10O6S/c1-14-9(10)8(15-16(11,12)13)7-5-3-2-4-6-7/h2-6,8H,1H3,(H,11,12,13)/t8-/m1/s1. The molecule has 0 fully saturated rings. The van der Waals surface area contributed by atoms with Crippen LogP contribution in [0.15, 0.2) is 30.3 Å². The van der Waals surface area contributed by atoms with Crippen LogP contribution in [0.1, 0.15) is 11.7 Å². The molecule has 0 aliphatic rings. The first kappa shape index (κ1) is 12.6. The highest BCUT2D eigenvalue weighted by molar-refractivity contribution is 7.80. The number of carbonyl (C=O) groups excluding carboxylic acids is 1. The predicted octanol–water partition coefficient (Wildman–Crippen LogP) is 0.720. The summed E-state index contributed by atoms with van der Waals surface area (Å²) < 4.78 is 38.3. The van der Waals surface area contributed by atoms with Gasteiger partial charge >= 0.3 is 16.4 Å². The first-order valence-corrected chi connectivity index (χ1v) is 5.59. The monoisotopic (exact) mass is 246 g/mol. The van der Waals surface area contributed by atoms with Crippen LogP contribution in [-0.4, -0.2) is 26.0 Å².